The Morgan fingerprint density at radius 2 is 1.95 bits per heavy atom. The van der Waals surface area contributed by atoms with Gasteiger partial charge in [0.05, 0.1) is 22.4 Å². The van der Waals surface area contributed by atoms with E-state index in [2.05, 4.69) is 15.5 Å². The van der Waals surface area contributed by atoms with Crippen LogP contribution in [0.25, 0.3) is 10.9 Å². The summed E-state index contributed by atoms with van der Waals surface area (Å²) in [5, 5.41) is 37.0. The molecule has 0 aliphatic carbocycles. The van der Waals surface area contributed by atoms with E-state index in [-0.39, 0.29) is 11.3 Å². The molecule has 7 heteroatoms. The molecule has 0 bridgehead atoms. The van der Waals surface area contributed by atoms with Gasteiger partial charge in [-0.25, -0.2) is 0 Å². The topological polar surface area (TPSA) is 112 Å². The number of benzene rings is 1. The predicted molar refractivity (Wildman–Crippen MR) is 68.6 cm³/mol. The van der Waals surface area contributed by atoms with Crippen LogP contribution in [0.2, 0.25) is 5.02 Å². The highest BCUT2D eigenvalue weighted by atomic mass is 35.5. The van der Waals surface area contributed by atoms with Crippen LogP contribution in [0.4, 0.5) is 5.69 Å². The van der Waals surface area contributed by atoms with Crippen molar-refractivity contribution >= 4 is 28.2 Å². The van der Waals surface area contributed by atoms with Gasteiger partial charge in [0.25, 0.3) is 0 Å². The molecule has 1 aromatic carbocycles. The van der Waals surface area contributed by atoms with Crippen molar-refractivity contribution in [2.45, 2.75) is 0 Å². The van der Waals surface area contributed by atoms with E-state index in [0.717, 1.165) is 0 Å². The van der Waals surface area contributed by atoms with E-state index in [1.54, 1.807) is 36.5 Å². The highest BCUT2D eigenvalue weighted by Crippen LogP contribution is 2.28. The first-order valence-corrected chi connectivity index (χ1v) is 5.42. The van der Waals surface area contributed by atoms with E-state index in [1.807, 2.05) is 0 Å². The van der Waals surface area contributed by atoms with Gasteiger partial charge in [-0.05, 0) is 12.1 Å². The van der Waals surface area contributed by atoms with Crippen LogP contribution < -0.4 is 5.32 Å². The molecule has 0 radical (unpaired) electrons. The lowest BCUT2D eigenvalue weighted by Gasteiger charge is -2.06. The minimum Gasteiger partial charge on any atom is -0.343 e. The maximum Gasteiger partial charge on any atom is 0.163 e. The van der Waals surface area contributed by atoms with E-state index < -0.39 is 0 Å². The molecular weight excluding hydrogens is 264 g/mol. The standard InChI is InChI=1S/C12H5ClN6/c13-9-1-2-10(12-8(9)6-17-19-12)18-11(5-16)7(3-14)4-15/h1-2,6,18H,(H,17,19). The number of hydrogen-bond acceptors (Lipinski definition) is 5. The second-order valence-electron chi connectivity index (χ2n) is 3.46. The Labute approximate surface area is 113 Å². The van der Waals surface area contributed by atoms with Crippen LogP contribution >= 0.6 is 11.6 Å². The molecule has 0 saturated heterocycles. The molecule has 0 fully saturated rings. The summed E-state index contributed by atoms with van der Waals surface area (Å²) >= 11 is 5.99. The van der Waals surface area contributed by atoms with E-state index in [0.29, 0.717) is 21.6 Å². The maximum absolute atomic E-state index is 8.97. The molecule has 2 rings (SSSR count). The molecule has 2 aromatic rings. The minimum atomic E-state index is -0.287. The summed E-state index contributed by atoms with van der Waals surface area (Å²) in [6.45, 7) is 0. The van der Waals surface area contributed by atoms with Gasteiger partial charge < -0.3 is 5.32 Å². The van der Waals surface area contributed by atoms with Crippen molar-refractivity contribution in [2.75, 3.05) is 5.32 Å². The first-order valence-electron chi connectivity index (χ1n) is 5.04. The zero-order valence-corrected chi connectivity index (χ0v) is 10.2. The van der Waals surface area contributed by atoms with Crippen LogP contribution in [-0.4, -0.2) is 10.2 Å². The van der Waals surface area contributed by atoms with Crippen LogP contribution in [0, 0.1) is 34.0 Å². The smallest absolute Gasteiger partial charge is 0.163 e. The van der Waals surface area contributed by atoms with Gasteiger partial charge in [-0.1, -0.05) is 11.6 Å². The van der Waals surface area contributed by atoms with Crippen molar-refractivity contribution in [3.63, 3.8) is 0 Å². The van der Waals surface area contributed by atoms with E-state index in [4.69, 9.17) is 27.4 Å². The monoisotopic (exact) mass is 268 g/mol. The number of halogens is 1. The molecule has 19 heavy (non-hydrogen) atoms. The van der Waals surface area contributed by atoms with Gasteiger partial charge >= 0.3 is 0 Å². The van der Waals surface area contributed by atoms with Crippen molar-refractivity contribution in [2.24, 2.45) is 0 Å². The number of hydrogen-bond donors (Lipinski definition) is 2. The number of nitrogens with one attached hydrogen (secondary N) is 2. The number of rotatable bonds is 2. The van der Waals surface area contributed by atoms with E-state index in [9.17, 15) is 0 Å². The second kappa shape index (κ2) is 5.10. The van der Waals surface area contributed by atoms with Gasteiger partial charge in [-0.2, -0.15) is 20.9 Å². The van der Waals surface area contributed by atoms with Gasteiger partial charge in [0.15, 0.2) is 5.57 Å². The third kappa shape index (κ3) is 2.19. The van der Waals surface area contributed by atoms with Gasteiger partial charge in [0, 0.05) is 5.39 Å². The molecule has 2 N–H and O–H groups in total. The van der Waals surface area contributed by atoms with Crippen molar-refractivity contribution in [1.29, 1.82) is 15.8 Å². The molecule has 0 aliphatic rings. The number of nitriles is 3. The Morgan fingerprint density at radius 3 is 2.58 bits per heavy atom. The Bertz CT molecular complexity index is 780. The summed E-state index contributed by atoms with van der Waals surface area (Å²) in [5.74, 6) is 0. The zero-order valence-electron chi connectivity index (χ0n) is 9.40. The summed E-state index contributed by atoms with van der Waals surface area (Å²) < 4.78 is 0. The lowest BCUT2D eigenvalue weighted by molar-refractivity contribution is 1.12. The number of aromatic amines is 1. The molecule has 1 heterocycles. The van der Waals surface area contributed by atoms with Gasteiger partial charge in [-0.3, -0.25) is 5.10 Å². The highest BCUT2D eigenvalue weighted by Gasteiger charge is 2.11. The Hall–Kier alpha value is -3.01. The molecule has 0 unspecified atom stereocenters. The molecule has 90 valence electrons. The lowest BCUT2D eigenvalue weighted by Crippen LogP contribution is -2.01. The average Bonchev–Trinajstić information content (AvgIpc) is 2.92. The van der Waals surface area contributed by atoms with E-state index >= 15 is 0 Å². The lowest BCUT2D eigenvalue weighted by atomic mass is 10.2. The molecule has 1 aromatic heterocycles. The number of nitrogens with zero attached hydrogens (tertiary/aromatic N) is 4. The summed E-state index contributed by atoms with van der Waals surface area (Å²) in [6.07, 6.45) is 1.55. The first-order chi connectivity index (χ1) is 9.21. The quantitative estimate of drug-likeness (QED) is 0.812. The normalized spacial score (nSPS) is 9.16. The van der Waals surface area contributed by atoms with Crippen molar-refractivity contribution in [3.8, 4) is 18.2 Å². The number of anilines is 1. The fourth-order valence-electron chi connectivity index (χ4n) is 1.52. The van der Waals surface area contributed by atoms with Gasteiger partial charge in [0.1, 0.15) is 23.9 Å². The third-order valence-corrected chi connectivity index (χ3v) is 2.74. The van der Waals surface area contributed by atoms with Crippen molar-refractivity contribution < 1.29 is 0 Å². The summed E-state index contributed by atoms with van der Waals surface area (Å²) in [6, 6.07) is 8.36. The fraction of sp³-hybridized carbons (Fsp3) is 0. The van der Waals surface area contributed by atoms with Gasteiger partial charge in [0.2, 0.25) is 0 Å². The molecule has 6 nitrogen and oxygen atoms in total. The zero-order chi connectivity index (χ0) is 13.8. The van der Waals surface area contributed by atoms with Crippen molar-refractivity contribution in [3.05, 3.63) is 34.6 Å². The molecule has 0 amide bonds. The summed E-state index contributed by atoms with van der Waals surface area (Å²) in [7, 11) is 0. The average molecular weight is 269 g/mol. The van der Waals surface area contributed by atoms with Crippen LogP contribution in [-0.2, 0) is 0 Å². The van der Waals surface area contributed by atoms with Crippen LogP contribution in [0.3, 0.4) is 0 Å². The van der Waals surface area contributed by atoms with Crippen LogP contribution in [0.5, 0.6) is 0 Å². The Kier molecular flexibility index (Phi) is 3.34. The molecule has 0 spiro atoms. The SMILES string of the molecule is N#CC(C#N)=C(C#N)Nc1ccc(Cl)c2cn[nH]c12. The number of allylic oxidation sites excluding steroid dienone is 2. The first kappa shape index (κ1) is 12.4. The van der Waals surface area contributed by atoms with Crippen LogP contribution in [0.1, 0.15) is 0 Å². The fourth-order valence-corrected chi connectivity index (χ4v) is 1.73. The number of aromatic nitrogens is 2. The predicted octanol–water partition coefficient (Wildman–Crippen LogP) is 2.45. The largest absolute Gasteiger partial charge is 0.343 e. The van der Waals surface area contributed by atoms with Crippen LogP contribution in [0.15, 0.2) is 29.6 Å². The van der Waals surface area contributed by atoms with E-state index in [1.165, 1.54) is 0 Å². The summed E-state index contributed by atoms with van der Waals surface area (Å²) in [4.78, 5) is 0. The minimum absolute atomic E-state index is 0.122. The summed E-state index contributed by atoms with van der Waals surface area (Å²) in [5.41, 5.74) is 0.695. The van der Waals surface area contributed by atoms with Crippen molar-refractivity contribution in [1.82, 2.24) is 10.2 Å². The Morgan fingerprint density at radius 1 is 1.21 bits per heavy atom. The number of fused-ring (bicyclic) bond motifs is 1. The number of H-pyrrole nitrogens is 1. The third-order valence-electron chi connectivity index (χ3n) is 2.41. The maximum atomic E-state index is 8.97. The second-order valence-corrected chi connectivity index (χ2v) is 3.87. The molecule has 0 atom stereocenters. The van der Waals surface area contributed by atoms with Gasteiger partial charge in [-0.15, -0.1) is 0 Å². The molecular formula is C12H5ClN6. The molecule has 0 saturated carbocycles. The highest BCUT2D eigenvalue weighted by molar-refractivity contribution is 6.35. The Balaban J connectivity index is 2.55. The molecule has 0 aliphatic heterocycles.